The molecule has 0 saturated heterocycles. The highest BCUT2D eigenvalue weighted by atomic mass is 16.5. The Hall–Kier alpha value is -1.85. The van der Waals surface area contributed by atoms with Gasteiger partial charge in [0.2, 0.25) is 0 Å². The number of hydrogen-bond acceptors (Lipinski definition) is 5. The fourth-order valence-corrected chi connectivity index (χ4v) is 1.49. The summed E-state index contributed by atoms with van der Waals surface area (Å²) in [4.78, 5) is 20.7. The lowest BCUT2D eigenvalue weighted by Crippen LogP contribution is -2.31. The van der Waals surface area contributed by atoms with Crippen LogP contribution >= 0.6 is 0 Å². The molecule has 1 N–H and O–H groups in total. The normalized spacial score (nSPS) is 10.1. The summed E-state index contributed by atoms with van der Waals surface area (Å²) < 4.78 is 4.97. The Morgan fingerprint density at radius 2 is 2.24 bits per heavy atom. The highest BCUT2D eigenvalue weighted by Gasteiger charge is 2.13. The Labute approximate surface area is 100 Å². The van der Waals surface area contributed by atoms with E-state index in [9.17, 15) is 4.79 Å². The molecule has 0 spiro atoms. The Kier molecular flexibility index (Phi) is 4.68. The van der Waals surface area contributed by atoms with Crippen molar-refractivity contribution in [2.75, 3.05) is 25.1 Å². The summed E-state index contributed by atoms with van der Waals surface area (Å²) in [7, 11) is 1.49. The van der Waals surface area contributed by atoms with Crippen LogP contribution in [-0.4, -0.2) is 41.2 Å². The number of methoxy groups -OCH3 is 1. The van der Waals surface area contributed by atoms with E-state index in [-0.39, 0.29) is 12.6 Å². The number of carbonyl (C=O) groups is 1. The maximum absolute atomic E-state index is 10.8. The number of ether oxygens (including phenoxy) is 1. The average Bonchev–Trinajstić information content (AvgIpc) is 2.27. The van der Waals surface area contributed by atoms with Gasteiger partial charge in [-0.3, -0.25) is 4.79 Å². The molecule has 1 aromatic heterocycles. The maximum Gasteiger partial charge on any atom is 0.323 e. The third kappa shape index (κ3) is 3.90. The van der Waals surface area contributed by atoms with E-state index < -0.39 is 5.97 Å². The summed E-state index contributed by atoms with van der Waals surface area (Å²) in [5.74, 6) is -0.299. The van der Waals surface area contributed by atoms with Gasteiger partial charge in [-0.25, -0.2) is 4.98 Å². The standard InChI is InChI=1S/C11H17N3O3/c1-4-5-14(7-10(15)16)9-6-8(2)12-11(13-9)17-3/h6H,4-5,7H2,1-3H3,(H,15,16). The number of aryl methyl sites for hydroxylation is 1. The molecule has 0 aliphatic rings. The van der Waals surface area contributed by atoms with Gasteiger partial charge in [-0.1, -0.05) is 6.92 Å². The quantitative estimate of drug-likeness (QED) is 0.801. The molecule has 6 heteroatoms. The van der Waals surface area contributed by atoms with E-state index >= 15 is 0 Å². The van der Waals surface area contributed by atoms with Gasteiger partial charge in [0.05, 0.1) is 7.11 Å². The van der Waals surface area contributed by atoms with E-state index in [4.69, 9.17) is 9.84 Å². The number of rotatable bonds is 6. The van der Waals surface area contributed by atoms with E-state index in [0.717, 1.165) is 12.1 Å². The second-order valence-corrected chi connectivity index (χ2v) is 3.67. The van der Waals surface area contributed by atoms with E-state index in [1.165, 1.54) is 7.11 Å². The number of nitrogens with zero attached hydrogens (tertiary/aromatic N) is 3. The summed E-state index contributed by atoms with van der Waals surface area (Å²) in [5, 5.41) is 8.85. The number of hydrogen-bond donors (Lipinski definition) is 1. The molecular formula is C11H17N3O3. The van der Waals surface area contributed by atoms with Crippen LogP contribution in [0, 0.1) is 6.92 Å². The molecule has 1 heterocycles. The fourth-order valence-electron chi connectivity index (χ4n) is 1.49. The first-order valence-electron chi connectivity index (χ1n) is 5.43. The molecule has 0 aliphatic heterocycles. The number of carboxylic acid groups (broad SMARTS) is 1. The molecule has 0 aromatic carbocycles. The first-order chi connectivity index (χ1) is 8.06. The molecule has 0 aliphatic carbocycles. The molecule has 0 fully saturated rings. The van der Waals surface area contributed by atoms with Gasteiger partial charge in [-0.15, -0.1) is 0 Å². The second-order valence-electron chi connectivity index (χ2n) is 3.67. The van der Waals surface area contributed by atoms with Crippen molar-refractivity contribution in [3.63, 3.8) is 0 Å². The largest absolute Gasteiger partial charge is 0.480 e. The molecule has 1 aromatic rings. The summed E-state index contributed by atoms with van der Waals surface area (Å²) in [6.45, 7) is 4.36. The lowest BCUT2D eigenvalue weighted by atomic mass is 10.3. The van der Waals surface area contributed by atoms with Gasteiger partial charge in [0.1, 0.15) is 12.4 Å². The Morgan fingerprint density at radius 1 is 1.53 bits per heavy atom. The van der Waals surface area contributed by atoms with Crippen LogP contribution in [0.25, 0.3) is 0 Å². The van der Waals surface area contributed by atoms with Crippen LogP contribution in [0.15, 0.2) is 6.07 Å². The summed E-state index contributed by atoms with van der Waals surface area (Å²) in [5.41, 5.74) is 0.748. The van der Waals surface area contributed by atoms with Crippen molar-refractivity contribution in [2.24, 2.45) is 0 Å². The lowest BCUT2D eigenvalue weighted by Gasteiger charge is -2.21. The van der Waals surface area contributed by atoms with E-state index in [2.05, 4.69) is 9.97 Å². The zero-order valence-electron chi connectivity index (χ0n) is 10.3. The van der Waals surface area contributed by atoms with Gasteiger partial charge in [0.25, 0.3) is 0 Å². The number of aromatic nitrogens is 2. The summed E-state index contributed by atoms with van der Waals surface area (Å²) in [6, 6.07) is 2.01. The van der Waals surface area contributed by atoms with E-state index in [1.54, 1.807) is 11.0 Å². The predicted molar refractivity (Wildman–Crippen MR) is 63.5 cm³/mol. The van der Waals surface area contributed by atoms with E-state index in [0.29, 0.717) is 12.4 Å². The van der Waals surface area contributed by atoms with Gasteiger partial charge < -0.3 is 14.7 Å². The second kappa shape index (κ2) is 6.03. The third-order valence-electron chi connectivity index (χ3n) is 2.15. The van der Waals surface area contributed by atoms with Gasteiger partial charge in [-0.05, 0) is 13.3 Å². The molecule has 0 atom stereocenters. The SMILES string of the molecule is CCCN(CC(=O)O)c1cc(C)nc(OC)n1. The van der Waals surface area contributed by atoms with Crippen LogP contribution in [0.2, 0.25) is 0 Å². The van der Waals surface area contributed by atoms with Gasteiger partial charge in [0, 0.05) is 18.3 Å². The summed E-state index contributed by atoms with van der Waals surface area (Å²) in [6.07, 6.45) is 0.846. The molecule has 94 valence electrons. The first kappa shape index (κ1) is 13.2. The number of anilines is 1. The Balaban J connectivity index is 2.99. The van der Waals surface area contributed by atoms with Crippen molar-refractivity contribution in [1.29, 1.82) is 0 Å². The smallest absolute Gasteiger partial charge is 0.323 e. The zero-order valence-corrected chi connectivity index (χ0v) is 10.3. The minimum atomic E-state index is -0.881. The minimum Gasteiger partial charge on any atom is -0.480 e. The topological polar surface area (TPSA) is 75.6 Å². The van der Waals surface area contributed by atoms with Crippen molar-refractivity contribution in [3.8, 4) is 6.01 Å². The van der Waals surface area contributed by atoms with Gasteiger partial charge in [-0.2, -0.15) is 4.98 Å². The van der Waals surface area contributed by atoms with Crippen LogP contribution in [0.4, 0.5) is 5.82 Å². The lowest BCUT2D eigenvalue weighted by molar-refractivity contribution is -0.135. The van der Waals surface area contributed by atoms with Crippen LogP contribution in [0.5, 0.6) is 6.01 Å². The highest BCUT2D eigenvalue weighted by molar-refractivity contribution is 5.73. The average molecular weight is 239 g/mol. The molecule has 0 amide bonds. The molecule has 0 unspecified atom stereocenters. The molecule has 1 rings (SSSR count). The van der Waals surface area contributed by atoms with Crippen molar-refractivity contribution >= 4 is 11.8 Å². The zero-order chi connectivity index (χ0) is 12.8. The van der Waals surface area contributed by atoms with Crippen molar-refractivity contribution in [3.05, 3.63) is 11.8 Å². The molecule has 17 heavy (non-hydrogen) atoms. The molecule has 0 bridgehead atoms. The van der Waals surface area contributed by atoms with Crippen LogP contribution in [-0.2, 0) is 4.79 Å². The van der Waals surface area contributed by atoms with Gasteiger partial charge >= 0.3 is 12.0 Å². The van der Waals surface area contributed by atoms with Crippen molar-refractivity contribution < 1.29 is 14.6 Å². The molecule has 0 radical (unpaired) electrons. The Bertz CT molecular complexity index is 396. The predicted octanol–water partition coefficient (Wildman–Crippen LogP) is 1.09. The number of aliphatic carboxylic acids is 1. The molecule has 0 saturated carbocycles. The molecule has 6 nitrogen and oxygen atoms in total. The monoisotopic (exact) mass is 239 g/mol. The minimum absolute atomic E-state index is 0.0759. The van der Waals surface area contributed by atoms with Crippen molar-refractivity contribution in [2.45, 2.75) is 20.3 Å². The van der Waals surface area contributed by atoms with Crippen LogP contribution < -0.4 is 9.64 Å². The highest BCUT2D eigenvalue weighted by Crippen LogP contribution is 2.16. The Morgan fingerprint density at radius 3 is 2.76 bits per heavy atom. The molecular weight excluding hydrogens is 222 g/mol. The fraction of sp³-hybridized carbons (Fsp3) is 0.545. The van der Waals surface area contributed by atoms with Crippen LogP contribution in [0.1, 0.15) is 19.0 Å². The van der Waals surface area contributed by atoms with Gasteiger partial charge in [0.15, 0.2) is 0 Å². The summed E-state index contributed by atoms with van der Waals surface area (Å²) >= 11 is 0. The van der Waals surface area contributed by atoms with E-state index in [1.807, 2.05) is 13.8 Å². The first-order valence-corrected chi connectivity index (χ1v) is 5.43. The third-order valence-corrected chi connectivity index (χ3v) is 2.15. The number of carboxylic acids is 1. The maximum atomic E-state index is 10.8. The van der Waals surface area contributed by atoms with Crippen LogP contribution in [0.3, 0.4) is 0 Å². The van der Waals surface area contributed by atoms with Crippen molar-refractivity contribution in [1.82, 2.24) is 9.97 Å².